The van der Waals surface area contributed by atoms with E-state index >= 15 is 0 Å². The Kier molecular flexibility index (Phi) is 1.66. The number of hydrogen-bond donors (Lipinski definition) is 0. The van der Waals surface area contributed by atoms with E-state index in [4.69, 9.17) is 4.74 Å². The third-order valence-corrected chi connectivity index (χ3v) is 5.18. The number of rotatable bonds is 1. The van der Waals surface area contributed by atoms with Crippen LogP contribution in [-0.4, -0.2) is 42.9 Å². The Morgan fingerprint density at radius 1 is 1.43 bits per heavy atom. The van der Waals surface area contributed by atoms with Gasteiger partial charge in [0.2, 0.25) is 0 Å². The summed E-state index contributed by atoms with van der Waals surface area (Å²) < 4.78 is 7.44. The van der Waals surface area contributed by atoms with Gasteiger partial charge in [-0.2, -0.15) is 0 Å². The largest absolute Gasteiger partial charge is 0.371 e. The molecule has 0 spiro atoms. The first-order chi connectivity index (χ1) is 6.56. The highest BCUT2D eigenvalue weighted by molar-refractivity contribution is 5.06. The van der Waals surface area contributed by atoms with Crippen molar-refractivity contribution in [1.29, 1.82) is 0 Å². The molecule has 0 aliphatic carbocycles. The molecule has 0 aromatic rings. The number of hydrogen-bond acceptors (Lipinski definition) is 1. The van der Waals surface area contributed by atoms with Crippen LogP contribution in [0.5, 0.6) is 0 Å². The van der Waals surface area contributed by atoms with E-state index < -0.39 is 0 Å². The Balaban J connectivity index is 1.88. The third-order valence-electron chi connectivity index (χ3n) is 5.18. The van der Waals surface area contributed by atoms with E-state index in [0.717, 1.165) is 11.8 Å². The minimum atomic E-state index is 0.251. The van der Waals surface area contributed by atoms with Crippen LogP contribution in [0.15, 0.2) is 0 Å². The average Bonchev–Trinajstić information content (AvgIpc) is 2.74. The van der Waals surface area contributed by atoms with Crippen molar-refractivity contribution in [3.63, 3.8) is 0 Å². The molecule has 0 saturated carbocycles. The molecule has 3 aliphatic heterocycles. The van der Waals surface area contributed by atoms with Crippen LogP contribution in [-0.2, 0) is 4.74 Å². The van der Waals surface area contributed by atoms with Crippen molar-refractivity contribution in [3.05, 3.63) is 0 Å². The lowest BCUT2D eigenvalue weighted by Gasteiger charge is -2.32. The van der Waals surface area contributed by atoms with Gasteiger partial charge in [-0.05, 0) is 26.7 Å². The summed E-state index contributed by atoms with van der Waals surface area (Å²) in [6.45, 7) is 8.68. The number of fused-ring (bicyclic) bond motifs is 5. The summed E-state index contributed by atoms with van der Waals surface area (Å²) in [6, 6.07) is 0. The Hall–Kier alpha value is -0.0800. The summed E-state index contributed by atoms with van der Waals surface area (Å²) in [6.07, 6.45) is 3.24. The lowest BCUT2D eigenvalue weighted by Crippen LogP contribution is -2.44. The van der Waals surface area contributed by atoms with Gasteiger partial charge in [-0.3, -0.25) is 0 Å². The zero-order valence-corrected chi connectivity index (χ0v) is 9.62. The minimum absolute atomic E-state index is 0.251. The highest BCUT2D eigenvalue weighted by atomic mass is 16.5. The van der Waals surface area contributed by atoms with E-state index in [-0.39, 0.29) is 5.60 Å². The van der Waals surface area contributed by atoms with E-state index in [1.165, 1.54) is 37.0 Å². The average molecular weight is 196 g/mol. The Labute approximate surface area is 86.8 Å². The fourth-order valence-electron chi connectivity index (χ4n) is 4.07. The van der Waals surface area contributed by atoms with Crippen LogP contribution in [0.3, 0.4) is 0 Å². The molecule has 3 fully saturated rings. The number of likely N-dealkylation sites (tertiary alicyclic amines) is 1. The van der Waals surface area contributed by atoms with E-state index in [1.54, 1.807) is 0 Å². The first-order valence-corrected chi connectivity index (χ1v) is 6.08. The molecule has 0 aromatic heterocycles. The molecule has 3 saturated heterocycles. The number of quaternary nitrogens is 1. The molecule has 3 rings (SSSR count). The lowest BCUT2D eigenvalue weighted by molar-refractivity contribution is -0.899. The van der Waals surface area contributed by atoms with Gasteiger partial charge in [0.05, 0.1) is 38.4 Å². The van der Waals surface area contributed by atoms with E-state index in [9.17, 15) is 0 Å². The SMILES string of the molecule is CC[N+]1(C)CC2C3CCC(C)(O3)C2C1. The smallest absolute Gasteiger partial charge is 0.0847 e. The molecule has 14 heavy (non-hydrogen) atoms. The molecule has 3 heterocycles. The standard InChI is InChI=1S/C12H22NO/c1-4-13(3)7-9-10(8-13)12(2)6-5-11(9)14-12/h9-11H,4-8H2,1-3H3/q+1. The minimum Gasteiger partial charge on any atom is -0.371 e. The molecule has 2 heteroatoms. The predicted octanol–water partition coefficient (Wildman–Crippen LogP) is 1.65. The van der Waals surface area contributed by atoms with Gasteiger partial charge < -0.3 is 9.22 Å². The summed E-state index contributed by atoms with van der Waals surface area (Å²) in [5.74, 6) is 1.73. The molecule has 2 nitrogen and oxygen atoms in total. The van der Waals surface area contributed by atoms with Crippen LogP contribution >= 0.6 is 0 Å². The zero-order chi connectivity index (χ0) is 9.97. The molecule has 0 amide bonds. The maximum absolute atomic E-state index is 6.15. The zero-order valence-electron chi connectivity index (χ0n) is 9.62. The monoisotopic (exact) mass is 196 g/mol. The number of nitrogens with zero attached hydrogens (tertiary/aromatic N) is 1. The van der Waals surface area contributed by atoms with Crippen molar-refractivity contribution in [1.82, 2.24) is 0 Å². The first kappa shape index (κ1) is 9.17. The van der Waals surface area contributed by atoms with E-state index in [0.29, 0.717) is 6.10 Å². The molecule has 0 aromatic carbocycles. The molecule has 3 aliphatic rings. The quantitative estimate of drug-likeness (QED) is 0.579. The summed E-state index contributed by atoms with van der Waals surface area (Å²) in [5, 5.41) is 0. The normalized spacial score (nSPS) is 60.6. The van der Waals surface area contributed by atoms with Gasteiger partial charge in [-0.1, -0.05) is 0 Å². The van der Waals surface area contributed by atoms with Crippen molar-refractivity contribution in [2.75, 3.05) is 26.7 Å². The number of ether oxygens (including phenoxy) is 1. The van der Waals surface area contributed by atoms with Crippen molar-refractivity contribution in [2.45, 2.75) is 38.4 Å². The van der Waals surface area contributed by atoms with Gasteiger partial charge in [0.1, 0.15) is 0 Å². The van der Waals surface area contributed by atoms with E-state index in [2.05, 4.69) is 20.9 Å². The van der Waals surface area contributed by atoms with Crippen molar-refractivity contribution in [3.8, 4) is 0 Å². The maximum Gasteiger partial charge on any atom is 0.0847 e. The fraction of sp³-hybridized carbons (Fsp3) is 1.00. The molecule has 2 bridgehead atoms. The molecular weight excluding hydrogens is 174 g/mol. The van der Waals surface area contributed by atoms with Crippen LogP contribution < -0.4 is 0 Å². The predicted molar refractivity (Wildman–Crippen MR) is 56.0 cm³/mol. The first-order valence-electron chi connectivity index (χ1n) is 6.08. The molecule has 0 N–H and O–H groups in total. The van der Waals surface area contributed by atoms with Crippen LogP contribution in [0.25, 0.3) is 0 Å². The van der Waals surface area contributed by atoms with Gasteiger partial charge in [-0.15, -0.1) is 0 Å². The fourth-order valence-corrected chi connectivity index (χ4v) is 4.07. The van der Waals surface area contributed by atoms with Crippen molar-refractivity contribution in [2.24, 2.45) is 11.8 Å². The van der Waals surface area contributed by atoms with Gasteiger partial charge in [0.15, 0.2) is 0 Å². The van der Waals surface area contributed by atoms with Gasteiger partial charge >= 0.3 is 0 Å². The topological polar surface area (TPSA) is 9.23 Å². The van der Waals surface area contributed by atoms with Gasteiger partial charge in [0, 0.05) is 11.8 Å². The molecule has 5 atom stereocenters. The second kappa shape index (κ2) is 2.53. The second-order valence-corrected chi connectivity index (χ2v) is 6.08. The third kappa shape index (κ3) is 0.989. The summed E-state index contributed by atoms with van der Waals surface area (Å²) in [7, 11) is 2.42. The molecular formula is C12H22NO+. The highest BCUT2D eigenvalue weighted by Gasteiger charge is 2.63. The van der Waals surface area contributed by atoms with Crippen LogP contribution in [0.1, 0.15) is 26.7 Å². The van der Waals surface area contributed by atoms with Crippen LogP contribution in [0, 0.1) is 11.8 Å². The van der Waals surface area contributed by atoms with Crippen molar-refractivity contribution >= 4 is 0 Å². The second-order valence-electron chi connectivity index (χ2n) is 6.08. The summed E-state index contributed by atoms with van der Waals surface area (Å²) >= 11 is 0. The van der Waals surface area contributed by atoms with Crippen LogP contribution in [0.4, 0.5) is 0 Å². The molecule has 80 valence electrons. The molecule has 0 radical (unpaired) electrons. The maximum atomic E-state index is 6.15. The Morgan fingerprint density at radius 2 is 2.21 bits per heavy atom. The summed E-state index contributed by atoms with van der Waals surface area (Å²) in [5.41, 5.74) is 0.251. The van der Waals surface area contributed by atoms with Crippen LogP contribution in [0.2, 0.25) is 0 Å². The summed E-state index contributed by atoms with van der Waals surface area (Å²) in [4.78, 5) is 0. The van der Waals surface area contributed by atoms with Gasteiger partial charge in [0.25, 0.3) is 0 Å². The van der Waals surface area contributed by atoms with Crippen molar-refractivity contribution < 1.29 is 9.22 Å². The highest BCUT2D eigenvalue weighted by Crippen LogP contribution is 2.55. The van der Waals surface area contributed by atoms with E-state index in [1.807, 2.05) is 0 Å². The van der Waals surface area contributed by atoms with Gasteiger partial charge in [-0.25, -0.2) is 0 Å². The molecule has 5 unspecified atom stereocenters. The Bertz CT molecular complexity index is 267. The lowest BCUT2D eigenvalue weighted by atomic mass is 9.75. The Morgan fingerprint density at radius 3 is 2.86 bits per heavy atom.